The molecule has 0 radical (unpaired) electrons. The molecule has 1 rings (SSSR count). The number of aliphatic hydroxyl groups excluding tert-OH is 1. The molecule has 0 spiro atoms. The maximum atomic E-state index is 9.41. The molecule has 4 N–H and O–H groups in total. The summed E-state index contributed by atoms with van der Waals surface area (Å²) in [6.45, 7) is -0.283. The van der Waals surface area contributed by atoms with Gasteiger partial charge in [0.25, 0.3) is 0 Å². The molecule has 0 bridgehead atoms. The molecule has 0 aliphatic carbocycles. The van der Waals surface area contributed by atoms with E-state index in [0.717, 1.165) is 0 Å². The van der Waals surface area contributed by atoms with Crippen molar-refractivity contribution in [1.82, 2.24) is 0 Å². The van der Waals surface area contributed by atoms with Gasteiger partial charge in [-0.25, -0.2) is 0 Å². The molecule has 0 aliphatic heterocycles. The fourth-order valence-corrected chi connectivity index (χ4v) is 1.65. The van der Waals surface area contributed by atoms with Crippen LogP contribution < -0.4 is 5.73 Å². The lowest BCUT2D eigenvalue weighted by atomic mass is 10.1. The molecular formula is C8H9Cl2NO2. The van der Waals surface area contributed by atoms with Crippen LogP contribution in [-0.4, -0.2) is 16.8 Å². The SMILES string of the molecule is N[C@H](CO)c1c(O)cc(Cl)cc1Cl. The van der Waals surface area contributed by atoms with Crippen LogP contribution in [0, 0.1) is 0 Å². The summed E-state index contributed by atoms with van der Waals surface area (Å²) < 4.78 is 0. The van der Waals surface area contributed by atoms with E-state index < -0.39 is 6.04 Å². The molecule has 5 heteroatoms. The van der Waals surface area contributed by atoms with Crippen LogP contribution in [0.5, 0.6) is 5.75 Å². The fraction of sp³-hybridized carbons (Fsp3) is 0.250. The van der Waals surface area contributed by atoms with Gasteiger partial charge in [0.2, 0.25) is 0 Å². The monoisotopic (exact) mass is 221 g/mol. The second kappa shape index (κ2) is 4.15. The Labute approximate surface area is 85.7 Å². The lowest BCUT2D eigenvalue weighted by Crippen LogP contribution is -2.15. The lowest BCUT2D eigenvalue weighted by molar-refractivity contribution is 0.265. The third-order valence-electron chi connectivity index (χ3n) is 1.64. The van der Waals surface area contributed by atoms with Crippen LogP contribution in [0.3, 0.4) is 0 Å². The summed E-state index contributed by atoms with van der Waals surface area (Å²) in [5.41, 5.74) is 5.82. The zero-order valence-corrected chi connectivity index (χ0v) is 8.18. The van der Waals surface area contributed by atoms with Gasteiger partial charge in [-0.3, -0.25) is 0 Å². The number of hydrogen-bond acceptors (Lipinski definition) is 3. The van der Waals surface area contributed by atoms with Gasteiger partial charge in [-0.15, -0.1) is 0 Å². The van der Waals surface area contributed by atoms with Crippen molar-refractivity contribution in [3.8, 4) is 5.75 Å². The zero-order chi connectivity index (χ0) is 10.0. The number of phenolic OH excluding ortho intramolecular Hbond substituents is 1. The van der Waals surface area contributed by atoms with Crippen LogP contribution in [0.25, 0.3) is 0 Å². The van der Waals surface area contributed by atoms with Crippen molar-refractivity contribution in [3.05, 3.63) is 27.7 Å². The van der Waals surface area contributed by atoms with Gasteiger partial charge in [0.05, 0.1) is 17.7 Å². The molecule has 0 aliphatic rings. The van der Waals surface area contributed by atoms with Gasteiger partial charge in [-0.05, 0) is 12.1 Å². The zero-order valence-electron chi connectivity index (χ0n) is 6.67. The summed E-state index contributed by atoms with van der Waals surface area (Å²) in [5.74, 6) is -0.0981. The van der Waals surface area contributed by atoms with E-state index in [-0.39, 0.29) is 17.4 Å². The molecule has 1 aromatic rings. The third-order valence-corrected chi connectivity index (χ3v) is 2.17. The predicted octanol–water partition coefficient (Wildman–Crippen LogP) is 1.69. The van der Waals surface area contributed by atoms with E-state index in [2.05, 4.69) is 0 Å². The molecule has 0 heterocycles. The Hall–Kier alpha value is -0.480. The number of rotatable bonds is 2. The Kier molecular flexibility index (Phi) is 3.39. The van der Waals surface area contributed by atoms with Crippen LogP contribution in [0.15, 0.2) is 12.1 Å². The molecule has 0 aromatic heterocycles. The van der Waals surface area contributed by atoms with Crippen molar-refractivity contribution in [1.29, 1.82) is 0 Å². The molecular weight excluding hydrogens is 213 g/mol. The first-order valence-electron chi connectivity index (χ1n) is 3.60. The number of halogens is 2. The Morgan fingerprint density at radius 3 is 2.46 bits per heavy atom. The predicted molar refractivity (Wildman–Crippen MR) is 52.1 cm³/mol. The summed E-state index contributed by atoms with van der Waals surface area (Å²) >= 11 is 11.4. The van der Waals surface area contributed by atoms with Gasteiger partial charge in [0, 0.05) is 10.6 Å². The van der Waals surface area contributed by atoms with Crippen LogP contribution >= 0.6 is 23.2 Å². The first-order valence-corrected chi connectivity index (χ1v) is 4.36. The summed E-state index contributed by atoms with van der Waals surface area (Å²) in [7, 11) is 0. The van der Waals surface area contributed by atoms with Crippen LogP contribution in [0.1, 0.15) is 11.6 Å². The van der Waals surface area contributed by atoms with Crippen molar-refractivity contribution >= 4 is 23.2 Å². The highest BCUT2D eigenvalue weighted by atomic mass is 35.5. The van der Waals surface area contributed by atoms with Crippen molar-refractivity contribution in [2.24, 2.45) is 5.73 Å². The quantitative estimate of drug-likeness (QED) is 0.713. The summed E-state index contributed by atoms with van der Waals surface area (Å²) in [6.07, 6.45) is 0. The number of benzene rings is 1. The van der Waals surface area contributed by atoms with E-state index in [9.17, 15) is 5.11 Å². The lowest BCUT2D eigenvalue weighted by Gasteiger charge is -2.12. The van der Waals surface area contributed by atoms with Crippen LogP contribution in [-0.2, 0) is 0 Å². The smallest absolute Gasteiger partial charge is 0.123 e. The number of aliphatic hydroxyl groups is 1. The first-order chi connectivity index (χ1) is 6.06. The second-order valence-corrected chi connectivity index (χ2v) is 3.45. The number of hydrogen-bond donors (Lipinski definition) is 3. The molecule has 0 saturated carbocycles. The maximum Gasteiger partial charge on any atom is 0.123 e. The van der Waals surface area contributed by atoms with E-state index in [0.29, 0.717) is 10.6 Å². The van der Waals surface area contributed by atoms with E-state index in [1.165, 1.54) is 12.1 Å². The average molecular weight is 222 g/mol. The van der Waals surface area contributed by atoms with Crippen molar-refractivity contribution in [2.75, 3.05) is 6.61 Å². The first kappa shape index (κ1) is 10.6. The van der Waals surface area contributed by atoms with Crippen molar-refractivity contribution in [3.63, 3.8) is 0 Å². The van der Waals surface area contributed by atoms with Crippen molar-refractivity contribution in [2.45, 2.75) is 6.04 Å². The Morgan fingerprint density at radius 2 is 2.00 bits per heavy atom. The molecule has 0 fully saturated rings. The molecule has 13 heavy (non-hydrogen) atoms. The number of aromatic hydroxyl groups is 1. The molecule has 1 atom stereocenters. The molecule has 0 unspecified atom stereocenters. The van der Waals surface area contributed by atoms with Gasteiger partial charge in [0.15, 0.2) is 0 Å². The van der Waals surface area contributed by atoms with Gasteiger partial charge in [0.1, 0.15) is 5.75 Å². The number of nitrogens with two attached hydrogens (primary N) is 1. The van der Waals surface area contributed by atoms with Gasteiger partial charge in [-0.1, -0.05) is 23.2 Å². The minimum absolute atomic E-state index is 0.0981. The molecule has 1 aromatic carbocycles. The Balaban J connectivity index is 3.20. The third kappa shape index (κ3) is 2.25. The fourth-order valence-electron chi connectivity index (χ4n) is 1.03. The van der Waals surface area contributed by atoms with Crippen LogP contribution in [0.2, 0.25) is 10.0 Å². The summed E-state index contributed by atoms with van der Waals surface area (Å²) in [4.78, 5) is 0. The maximum absolute atomic E-state index is 9.41. The molecule has 0 saturated heterocycles. The summed E-state index contributed by atoms with van der Waals surface area (Å²) in [5, 5.41) is 18.8. The molecule has 72 valence electrons. The van der Waals surface area contributed by atoms with Crippen molar-refractivity contribution < 1.29 is 10.2 Å². The summed E-state index contributed by atoms with van der Waals surface area (Å²) in [6, 6.07) is 2.11. The molecule has 0 amide bonds. The molecule has 3 nitrogen and oxygen atoms in total. The van der Waals surface area contributed by atoms with E-state index >= 15 is 0 Å². The van der Waals surface area contributed by atoms with E-state index in [1.807, 2.05) is 0 Å². The second-order valence-electron chi connectivity index (χ2n) is 2.61. The average Bonchev–Trinajstić information content (AvgIpc) is 2.02. The van der Waals surface area contributed by atoms with E-state index in [1.54, 1.807) is 0 Å². The minimum atomic E-state index is -0.690. The Morgan fingerprint density at radius 1 is 1.38 bits per heavy atom. The van der Waals surface area contributed by atoms with Gasteiger partial charge >= 0.3 is 0 Å². The number of phenols is 1. The minimum Gasteiger partial charge on any atom is -0.507 e. The standard InChI is InChI=1S/C8H9Cl2NO2/c9-4-1-5(10)8(6(11)3-12)7(13)2-4/h1-2,6,12-13H,3,11H2/t6-/m1/s1. The topological polar surface area (TPSA) is 66.5 Å². The van der Waals surface area contributed by atoms with Gasteiger partial charge in [-0.2, -0.15) is 0 Å². The highest BCUT2D eigenvalue weighted by Crippen LogP contribution is 2.33. The van der Waals surface area contributed by atoms with Crippen LogP contribution in [0.4, 0.5) is 0 Å². The van der Waals surface area contributed by atoms with Gasteiger partial charge < -0.3 is 15.9 Å². The highest BCUT2D eigenvalue weighted by Gasteiger charge is 2.14. The Bertz CT molecular complexity index is 294. The van der Waals surface area contributed by atoms with E-state index in [4.69, 9.17) is 34.0 Å². The normalized spacial score (nSPS) is 12.9. The largest absolute Gasteiger partial charge is 0.507 e. The highest BCUT2D eigenvalue weighted by molar-refractivity contribution is 6.35.